The van der Waals surface area contributed by atoms with Gasteiger partial charge >= 0.3 is 11.9 Å². The van der Waals surface area contributed by atoms with Gasteiger partial charge in [-0.05, 0) is 38.0 Å². The van der Waals surface area contributed by atoms with Crippen LogP contribution in [0.15, 0.2) is 30.3 Å². The molecule has 1 aliphatic rings. The Morgan fingerprint density at radius 1 is 1.02 bits per heavy atom. The van der Waals surface area contributed by atoms with Gasteiger partial charge in [0.1, 0.15) is 11.5 Å². The van der Waals surface area contributed by atoms with Crippen molar-refractivity contribution in [1.82, 2.24) is 24.5 Å². The number of anilines is 1. The minimum absolute atomic E-state index is 0.0510. The average molecular weight is 567 g/mol. The number of halogens is 1. The number of carbonyl (C=O) groups excluding carboxylic acids is 2. The van der Waals surface area contributed by atoms with Crippen LogP contribution in [0.4, 0.5) is 10.3 Å². The third kappa shape index (κ3) is 5.26. The van der Waals surface area contributed by atoms with E-state index in [9.17, 15) is 14.0 Å². The van der Waals surface area contributed by atoms with Crippen molar-refractivity contribution in [3.8, 4) is 17.2 Å². The largest absolute Gasteiger partial charge is 0.497 e. The fourth-order valence-corrected chi connectivity index (χ4v) is 5.05. The zero-order chi connectivity index (χ0) is 29.3. The number of hydrogen-bond acceptors (Lipinski definition) is 10. The fourth-order valence-electron chi connectivity index (χ4n) is 5.05. The van der Waals surface area contributed by atoms with Gasteiger partial charge in [0.25, 0.3) is 0 Å². The SMILES string of the molecule is COC(=O)C(=O)N1C[C@H](c2nc3c4cc(F)c(OC)cc4nc(NCc4ccc(OC)cc4OC)n3n2)CC[C@@H]1C. The second kappa shape index (κ2) is 11.4. The molecule has 0 unspecified atom stereocenters. The number of fused-ring (bicyclic) bond motifs is 3. The van der Waals surface area contributed by atoms with Crippen molar-refractivity contribution >= 4 is 34.4 Å². The van der Waals surface area contributed by atoms with E-state index in [1.165, 1.54) is 35.8 Å². The van der Waals surface area contributed by atoms with Crippen molar-refractivity contribution in [1.29, 1.82) is 0 Å². The molecule has 1 fully saturated rings. The summed E-state index contributed by atoms with van der Waals surface area (Å²) >= 11 is 0. The number of hydrogen-bond donors (Lipinski definition) is 1. The molecule has 1 amide bonds. The van der Waals surface area contributed by atoms with Gasteiger partial charge in [-0.15, -0.1) is 5.10 Å². The number of amides is 1. The Morgan fingerprint density at radius 3 is 2.51 bits per heavy atom. The summed E-state index contributed by atoms with van der Waals surface area (Å²) in [5, 5.41) is 8.49. The number of methoxy groups -OCH3 is 4. The Hall–Kier alpha value is -4.68. The number of piperidine rings is 1. The molecule has 4 aromatic rings. The number of rotatable bonds is 7. The third-order valence-corrected chi connectivity index (χ3v) is 7.36. The smallest absolute Gasteiger partial charge is 0.396 e. The average Bonchev–Trinajstić information content (AvgIpc) is 3.45. The molecule has 13 heteroatoms. The van der Waals surface area contributed by atoms with Gasteiger partial charge in [-0.2, -0.15) is 4.52 Å². The highest BCUT2D eigenvalue weighted by Crippen LogP contribution is 2.33. The molecule has 1 aliphatic heterocycles. The Balaban J connectivity index is 1.56. The quantitative estimate of drug-likeness (QED) is 0.263. The Kier molecular flexibility index (Phi) is 7.77. The van der Waals surface area contributed by atoms with E-state index in [1.54, 1.807) is 20.3 Å². The van der Waals surface area contributed by atoms with Crippen LogP contribution in [0.5, 0.6) is 17.2 Å². The molecule has 0 aliphatic carbocycles. The predicted molar refractivity (Wildman–Crippen MR) is 147 cm³/mol. The van der Waals surface area contributed by atoms with Crippen molar-refractivity contribution in [3.63, 3.8) is 0 Å². The topological polar surface area (TPSA) is 129 Å². The van der Waals surface area contributed by atoms with E-state index in [4.69, 9.17) is 29.3 Å². The molecule has 2 aromatic heterocycles. The number of ether oxygens (including phenoxy) is 4. The van der Waals surface area contributed by atoms with Gasteiger partial charge in [0.2, 0.25) is 5.95 Å². The maximum absolute atomic E-state index is 14.8. The molecule has 1 saturated heterocycles. The van der Waals surface area contributed by atoms with Crippen LogP contribution in [-0.4, -0.2) is 77.4 Å². The van der Waals surface area contributed by atoms with Crippen molar-refractivity contribution in [2.75, 3.05) is 40.3 Å². The summed E-state index contributed by atoms with van der Waals surface area (Å²) in [5.74, 6) is -0.275. The van der Waals surface area contributed by atoms with Gasteiger partial charge in [0.15, 0.2) is 23.0 Å². The van der Waals surface area contributed by atoms with Gasteiger partial charge in [0, 0.05) is 48.1 Å². The van der Waals surface area contributed by atoms with Crippen LogP contribution < -0.4 is 19.5 Å². The highest BCUT2D eigenvalue weighted by atomic mass is 19.1. The lowest BCUT2D eigenvalue weighted by Gasteiger charge is -2.36. The summed E-state index contributed by atoms with van der Waals surface area (Å²) in [5.41, 5.74) is 1.69. The molecule has 0 bridgehead atoms. The molecule has 3 heterocycles. The lowest BCUT2D eigenvalue weighted by molar-refractivity contribution is -0.160. The first-order chi connectivity index (χ1) is 19.8. The standard InChI is InChI=1S/C28H31FN6O6/c1-15-6-7-17(14-34(15)26(36)27(37)41-5)24-32-25-19-11-20(29)23(40-4)12-21(19)31-28(35(25)33-24)30-13-16-8-9-18(38-2)10-22(16)39-3/h8-12,15,17H,6-7,13-14H2,1-5H3,(H,30,31)/t15-,17+/m0/s1. The Bertz CT molecular complexity index is 1630. The second-order valence-corrected chi connectivity index (χ2v) is 9.75. The molecule has 0 saturated carbocycles. The summed E-state index contributed by atoms with van der Waals surface area (Å²) < 4.78 is 37.0. The predicted octanol–water partition coefficient (Wildman–Crippen LogP) is 3.32. The van der Waals surface area contributed by atoms with E-state index in [0.717, 1.165) is 5.56 Å². The molecule has 12 nitrogen and oxygen atoms in total. The zero-order valence-corrected chi connectivity index (χ0v) is 23.4. The van der Waals surface area contributed by atoms with Crippen LogP contribution in [-0.2, 0) is 20.9 Å². The molecule has 0 radical (unpaired) electrons. The highest BCUT2D eigenvalue weighted by molar-refractivity contribution is 6.32. The number of likely N-dealkylation sites (tertiary alicyclic amines) is 1. The van der Waals surface area contributed by atoms with Crippen molar-refractivity contribution in [3.05, 3.63) is 47.5 Å². The molecule has 5 rings (SSSR count). The van der Waals surface area contributed by atoms with E-state index >= 15 is 0 Å². The van der Waals surface area contributed by atoms with Crippen LogP contribution >= 0.6 is 0 Å². The summed E-state index contributed by atoms with van der Waals surface area (Å²) in [6.07, 6.45) is 1.35. The van der Waals surface area contributed by atoms with Crippen molar-refractivity contribution < 1.29 is 32.9 Å². The van der Waals surface area contributed by atoms with Gasteiger partial charge in [-0.3, -0.25) is 4.79 Å². The molecule has 0 spiro atoms. The molecule has 41 heavy (non-hydrogen) atoms. The second-order valence-electron chi connectivity index (χ2n) is 9.75. The minimum Gasteiger partial charge on any atom is -0.497 e. The molecule has 216 valence electrons. The molecule has 1 N–H and O–H groups in total. The van der Waals surface area contributed by atoms with Gasteiger partial charge in [-0.1, -0.05) is 0 Å². The van der Waals surface area contributed by atoms with E-state index < -0.39 is 17.7 Å². The monoisotopic (exact) mass is 566 g/mol. The van der Waals surface area contributed by atoms with Gasteiger partial charge in [-0.25, -0.2) is 19.2 Å². The minimum atomic E-state index is -0.916. The van der Waals surface area contributed by atoms with Crippen molar-refractivity contribution in [2.45, 2.75) is 38.3 Å². The van der Waals surface area contributed by atoms with E-state index in [-0.39, 0.29) is 24.3 Å². The maximum Gasteiger partial charge on any atom is 0.396 e. The lowest BCUT2D eigenvalue weighted by Crippen LogP contribution is -2.48. The molecule has 2 atom stereocenters. The first-order valence-corrected chi connectivity index (χ1v) is 13.1. The van der Waals surface area contributed by atoms with Crippen LogP contribution in [0, 0.1) is 5.82 Å². The fraction of sp³-hybridized carbons (Fsp3) is 0.393. The van der Waals surface area contributed by atoms with Crippen molar-refractivity contribution in [2.24, 2.45) is 0 Å². The van der Waals surface area contributed by atoms with Gasteiger partial charge < -0.3 is 29.2 Å². The van der Waals surface area contributed by atoms with E-state index in [0.29, 0.717) is 59.2 Å². The summed E-state index contributed by atoms with van der Waals surface area (Å²) in [6.45, 7) is 2.46. The number of nitrogens with zero attached hydrogens (tertiary/aromatic N) is 5. The third-order valence-electron chi connectivity index (χ3n) is 7.36. The van der Waals surface area contributed by atoms with Gasteiger partial charge in [0.05, 0.1) is 34.0 Å². The molecular weight excluding hydrogens is 535 g/mol. The zero-order valence-electron chi connectivity index (χ0n) is 23.4. The highest BCUT2D eigenvalue weighted by Gasteiger charge is 2.35. The first-order valence-electron chi connectivity index (χ1n) is 13.1. The summed E-state index contributed by atoms with van der Waals surface area (Å²) in [4.78, 5) is 35.6. The number of esters is 1. The Labute approximate surface area is 235 Å². The molecule has 2 aromatic carbocycles. The number of nitrogens with one attached hydrogen (secondary N) is 1. The van der Waals surface area contributed by atoms with Crippen LogP contribution in [0.3, 0.4) is 0 Å². The van der Waals surface area contributed by atoms with Crippen LogP contribution in [0.1, 0.15) is 37.1 Å². The van der Waals surface area contributed by atoms with E-state index in [1.807, 2.05) is 19.1 Å². The molecular formula is C28H31FN6O6. The number of benzene rings is 2. The summed E-state index contributed by atoms with van der Waals surface area (Å²) in [7, 11) is 5.73. The number of aromatic nitrogens is 4. The van der Waals surface area contributed by atoms with Crippen LogP contribution in [0.2, 0.25) is 0 Å². The number of carbonyl (C=O) groups is 2. The summed E-state index contributed by atoms with van der Waals surface area (Å²) in [6, 6.07) is 8.18. The van der Waals surface area contributed by atoms with E-state index in [2.05, 4.69) is 10.1 Å². The first kappa shape index (κ1) is 27.9. The normalized spacial score (nSPS) is 17.0. The maximum atomic E-state index is 14.8. The Morgan fingerprint density at radius 2 is 1.80 bits per heavy atom. The van der Waals surface area contributed by atoms with Crippen LogP contribution in [0.25, 0.3) is 16.6 Å². The lowest BCUT2D eigenvalue weighted by atomic mass is 9.93.